The Labute approximate surface area is 187 Å². The van der Waals surface area contributed by atoms with Crippen LogP contribution in [0.3, 0.4) is 0 Å². The van der Waals surface area contributed by atoms with Gasteiger partial charge in [0.15, 0.2) is 0 Å². The predicted molar refractivity (Wildman–Crippen MR) is 121 cm³/mol. The third-order valence-corrected chi connectivity index (χ3v) is 5.74. The molecule has 0 spiro atoms. The molecule has 1 aliphatic heterocycles. The largest absolute Gasteiger partial charge is 0.495 e. The Morgan fingerprint density at radius 3 is 2.40 bits per heavy atom. The van der Waals surface area contributed by atoms with Crippen LogP contribution >= 0.6 is 23.2 Å². The maximum atomic E-state index is 12.5. The Bertz CT molecular complexity index is 853. The zero-order valence-electron chi connectivity index (χ0n) is 17.3. The van der Waals surface area contributed by atoms with E-state index in [0.29, 0.717) is 34.6 Å². The van der Waals surface area contributed by atoms with E-state index in [2.05, 4.69) is 15.1 Å². The molecule has 0 bridgehead atoms. The third-order valence-electron chi connectivity index (χ3n) is 5.08. The molecule has 8 heteroatoms. The van der Waals surface area contributed by atoms with E-state index in [-0.39, 0.29) is 5.91 Å². The molecule has 2 aromatic rings. The highest BCUT2D eigenvalue weighted by atomic mass is 35.5. The van der Waals surface area contributed by atoms with Gasteiger partial charge in [0, 0.05) is 48.8 Å². The minimum atomic E-state index is -0.0606. The molecule has 1 heterocycles. The van der Waals surface area contributed by atoms with E-state index in [0.717, 1.165) is 44.0 Å². The highest BCUT2D eigenvalue weighted by molar-refractivity contribution is 6.31. The first-order valence-corrected chi connectivity index (χ1v) is 10.7. The number of hydrogen-bond acceptors (Lipinski definition) is 5. The number of benzene rings is 2. The van der Waals surface area contributed by atoms with Gasteiger partial charge in [0.1, 0.15) is 18.1 Å². The van der Waals surface area contributed by atoms with E-state index >= 15 is 0 Å². The zero-order valence-corrected chi connectivity index (χ0v) is 18.8. The summed E-state index contributed by atoms with van der Waals surface area (Å²) in [6.07, 6.45) is 0. The van der Waals surface area contributed by atoms with Crippen molar-refractivity contribution in [3.05, 3.63) is 52.0 Å². The van der Waals surface area contributed by atoms with Crippen LogP contribution in [0, 0.1) is 6.92 Å². The van der Waals surface area contributed by atoms with Gasteiger partial charge in [-0.1, -0.05) is 23.2 Å². The number of carbonyl (C=O) groups excluding carboxylic acids is 1. The summed E-state index contributed by atoms with van der Waals surface area (Å²) in [4.78, 5) is 17.0. The number of carbonyl (C=O) groups is 1. The number of halogens is 2. The van der Waals surface area contributed by atoms with Gasteiger partial charge in [-0.2, -0.15) is 0 Å². The van der Waals surface area contributed by atoms with Crippen molar-refractivity contribution in [2.24, 2.45) is 0 Å². The molecule has 1 saturated heterocycles. The van der Waals surface area contributed by atoms with Crippen molar-refractivity contribution in [2.45, 2.75) is 6.92 Å². The van der Waals surface area contributed by atoms with Gasteiger partial charge in [-0.15, -0.1) is 0 Å². The normalized spacial score (nSPS) is 15.1. The molecular formula is C22H27Cl2N3O3. The molecule has 1 N–H and O–H groups in total. The van der Waals surface area contributed by atoms with Crippen LogP contribution in [0.15, 0.2) is 36.4 Å². The Morgan fingerprint density at radius 1 is 1.07 bits per heavy atom. The molecule has 0 unspecified atom stereocenters. The third kappa shape index (κ3) is 6.51. The van der Waals surface area contributed by atoms with Crippen molar-refractivity contribution in [3.8, 4) is 11.5 Å². The number of rotatable bonds is 8. The monoisotopic (exact) mass is 451 g/mol. The van der Waals surface area contributed by atoms with Crippen LogP contribution in [-0.4, -0.2) is 68.7 Å². The van der Waals surface area contributed by atoms with Crippen LogP contribution in [0.5, 0.6) is 11.5 Å². The van der Waals surface area contributed by atoms with Gasteiger partial charge in [0.2, 0.25) is 5.91 Å². The standard InChI is InChI=1S/C22H27Cl2N3O3/c1-16-13-20(21(29-2)14-19(16)24)25-22(28)15-27-9-7-26(8-10-27)11-12-30-18-5-3-17(23)4-6-18/h3-6,13-14H,7-12,15H2,1-2H3,(H,25,28). The molecule has 0 saturated carbocycles. The summed E-state index contributed by atoms with van der Waals surface area (Å²) in [5.41, 5.74) is 1.53. The molecule has 162 valence electrons. The van der Waals surface area contributed by atoms with Crippen molar-refractivity contribution in [2.75, 3.05) is 58.3 Å². The Kier molecular flexibility index (Phi) is 8.22. The average Bonchev–Trinajstić information content (AvgIpc) is 2.73. The molecule has 1 amide bonds. The summed E-state index contributed by atoms with van der Waals surface area (Å²) in [5, 5.41) is 4.25. The van der Waals surface area contributed by atoms with E-state index in [1.165, 1.54) is 0 Å². The number of aryl methyl sites for hydroxylation is 1. The quantitative estimate of drug-likeness (QED) is 0.658. The van der Waals surface area contributed by atoms with Crippen molar-refractivity contribution < 1.29 is 14.3 Å². The molecule has 30 heavy (non-hydrogen) atoms. The smallest absolute Gasteiger partial charge is 0.238 e. The summed E-state index contributed by atoms with van der Waals surface area (Å²) in [6.45, 7) is 7.20. The van der Waals surface area contributed by atoms with Gasteiger partial charge in [-0.05, 0) is 42.8 Å². The molecule has 3 rings (SSSR count). The molecule has 1 aliphatic rings. The molecule has 0 radical (unpaired) electrons. The second-order valence-electron chi connectivity index (χ2n) is 7.27. The number of nitrogens with zero attached hydrogens (tertiary/aromatic N) is 2. The summed E-state index contributed by atoms with van der Waals surface area (Å²) < 4.78 is 11.1. The van der Waals surface area contributed by atoms with Crippen LogP contribution in [0.1, 0.15) is 5.56 Å². The van der Waals surface area contributed by atoms with Crippen LogP contribution in [0.2, 0.25) is 10.0 Å². The lowest BCUT2D eigenvalue weighted by Crippen LogP contribution is -2.49. The molecule has 0 atom stereocenters. The van der Waals surface area contributed by atoms with Crippen molar-refractivity contribution in [1.29, 1.82) is 0 Å². The zero-order chi connectivity index (χ0) is 21.5. The lowest BCUT2D eigenvalue weighted by atomic mass is 10.2. The van der Waals surface area contributed by atoms with Gasteiger partial charge in [-0.25, -0.2) is 0 Å². The van der Waals surface area contributed by atoms with E-state index in [1.807, 2.05) is 37.3 Å². The van der Waals surface area contributed by atoms with Gasteiger partial charge >= 0.3 is 0 Å². The highest BCUT2D eigenvalue weighted by Gasteiger charge is 2.19. The lowest BCUT2D eigenvalue weighted by Gasteiger charge is -2.34. The first-order chi connectivity index (χ1) is 14.4. The fraction of sp³-hybridized carbons (Fsp3) is 0.409. The van der Waals surface area contributed by atoms with E-state index in [4.69, 9.17) is 32.7 Å². The first kappa shape index (κ1) is 22.7. The van der Waals surface area contributed by atoms with E-state index in [9.17, 15) is 4.79 Å². The minimum absolute atomic E-state index is 0.0606. The molecule has 0 aromatic heterocycles. The second-order valence-corrected chi connectivity index (χ2v) is 8.11. The first-order valence-electron chi connectivity index (χ1n) is 9.91. The maximum absolute atomic E-state index is 12.5. The van der Waals surface area contributed by atoms with Crippen molar-refractivity contribution >= 4 is 34.8 Å². The summed E-state index contributed by atoms with van der Waals surface area (Å²) in [6, 6.07) is 10.9. The fourth-order valence-corrected chi connectivity index (χ4v) is 3.60. The summed E-state index contributed by atoms with van der Waals surface area (Å²) in [5.74, 6) is 1.32. The number of piperazine rings is 1. The summed E-state index contributed by atoms with van der Waals surface area (Å²) in [7, 11) is 1.56. The number of amides is 1. The van der Waals surface area contributed by atoms with Gasteiger partial charge < -0.3 is 14.8 Å². The van der Waals surface area contributed by atoms with Crippen molar-refractivity contribution in [1.82, 2.24) is 9.80 Å². The number of hydrogen-bond donors (Lipinski definition) is 1. The predicted octanol–water partition coefficient (Wildman–Crippen LogP) is 3.95. The molecule has 1 fully saturated rings. The number of methoxy groups -OCH3 is 1. The van der Waals surface area contributed by atoms with Gasteiger partial charge in [0.05, 0.1) is 19.3 Å². The van der Waals surface area contributed by atoms with Crippen LogP contribution < -0.4 is 14.8 Å². The molecule has 2 aromatic carbocycles. The molecular weight excluding hydrogens is 425 g/mol. The fourth-order valence-electron chi connectivity index (χ4n) is 3.32. The number of nitrogens with one attached hydrogen (secondary N) is 1. The summed E-state index contributed by atoms with van der Waals surface area (Å²) >= 11 is 12.0. The highest BCUT2D eigenvalue weighted by Crippen LogP contribution is 2.30. The van der Waals surface area contributed by atoms with Crippen molar-refractivity contribution in [3.63, 3.8) is 0 Å². The molecule has 6 nitrogen and oxygen atoms in total. The van der Waals surface area contributed by atoms with Gasteiger partial charge in [-0.3, -0.25) is 14.6 Å². The SMILES string of the molecule is COc1cc(Cl)c(C)cc1NC(=O)CN1CCN(CCOc2ccc(Cl)cc2)CC1. The Morgan fingerprint density at radius 2 is 1.73 bits per heavy atom. The number of ether oxygens (including phenoxy) is 2. The Hall–Kier alpha value is -1.99. The van der Waals surface area contributed by atoms with Crippen LogP contribution in [-0.2, 0) is 4.79 Å². The van der Waals surface area contributed by atoms with E-state index < -0.39 is 0 Å². The second kappa shape index (κ2) is 10.9. The van der Waals surface area contributed by atoms with E-state index in [1.54, 1.807) is 13.2 Å². The van der Waals surface area contributed by atoms with Crippen LogP contribution in [0.25, 0.3) is 0 Å². The molecule has 0 aliphatic carbocycles. The topological polar surface area (TPSA) is 54.0 Å². The minimum Gasteiger partial charge on any atom is -0.495 e. The van der Waals surface area contributed by atoms with Crippen LogP contribution in [0.4, 0.5) is 5.69 Å². The average molecular weight is 452 g/mol. The lowest BCUT2D eigenvalue weighted by molar-refractivity contribution is -0.117. The Balaban J connectivity index is 1.39. The number of anilines is 1. The maximum Gasteiger partial charge on any atom is 0.238 e. The van der Waals surface area contributed by atoms with Gasteiger partial charge in [0.25, 0.3) is 0 Å².